The third-order valence-corrected chi connectivity index (χ3v) is 4.82. The van der Waals surface area contributed by atoms with Crippen LogP contribution in [0.3, 0.4) is 0 Å². The highest BCUT2D eigenvalue weighted by molar-refractivity contribution is 5.92. The van der Waals surface area contributed by atoms with Crippen LogP contribution in [0, 0.1) is 11.7 Å². The van der Waals surface area contributed by atoms with Gasteiger partial charge in [-0.15, -0.1) is 0 Å². The Bertz CT molecular complexity index is 896. The van der Waals surface area contributed by atoms with Crippen LogP contribution in [0.1, 0.15) is 30.6 Å². The Morgan fingerprint density at radius 3 is 2.88 bits per heavy atom. The zero-order chi connectivity index (χ0) is 18.8. The van der Waals surface area contributed by atoms with Gasteiger partial charge >= 0.3 is 5.97 Å². The van der Waals surface area contributed by atoms with E-state index in [-0.39, 0.29) is 16.8 Å². The number of nitrogens with one attached hydrogen (secondary N) is 1. The summed E-state index contributed by atoms with van der Waals surface area (Å²) >= 11 is 0. The smallest absolute Gasteiger partial charge is 0.341 e. The van der Waals surface area contributed by atoms with Gasteiger partial charge in [0.25, 0.3) is 0 Å². The number of hydrogen-bond acceptors (Lipinski definition) is 5. The van der Waals surface area contributed by atoms with Gasteiger partial charge in [0.1, 0.15) is 11.2 Å². The van der Waals surface area contributed by atoms with E-state index in [2.05, 4.69) is 10.3 Å². The fourth-order valence-corrected chi connectivity index (χ4v) is 3.43. The van der Waals surface area contributed by atoms with Crippen molar-refractivity contribution in [2.24, 2.45) is 5.92 Å². The molecule has 1 atom stereocenters. The first-order valence-corrected chi connectivity index (χ1v) is 8.88. The Morgan fingerprint density at radius 1 is 1.46 bits per heavy atom. The van der Waals surface area contributed by atoms with Crippen LogP contribution >= 0.6 is 0 Å². The van der Waals surface area contributed by atoms with Gasteiger partial charge in [0.05, 0.1) is 5.39 Å². The van der Waals surface area contributed by atoms with E-state index in [4.69, 9.17) is 0 Å². The minimum absolute atomic E-state index is 0.00334. The second-order valence-corrected chi connectivity index (χ2v) is 6.54. The highest BCUT2D eigenvalue weighted by Gasteiger charge is 2.26. The van der Waals surface area contributed by atoms with Crippen LogP contribution in [-0.4, -0.2) is 46.8 Å². The van der Waals surface area contributed by atoms with E-state index in [0.717, 1.165) is 25.6 Å². The summed E-state index contributed by atoms with van der Waals surface area (Å²) in [5, 5.41) is 12.5. The van der Waals surface area contributed by atoms with E-state index in [1.54, 1.807) is 4.57 Å². The van der Waals surface area contributed by atoms with Gasteiger partial charge in [0.2, 0.25) is 5.43 Å². The molecule has 0 bridgehead atoms. The maximum absolute atomic E-state index is 14.7. The fraction of sp³-hybridized carbons (Fsp3) is 0.500. The fourth-order valence-electron chi connectivity index (χ4n) is 3.43. The third-order valence-electron chi connectivity index (χ3n) is 4.82. The van der Waals surface area contributed by atoms with Gasteiger partial charge in [-0.1, -0.05) is 6.92 Å². The van der Waals surface area contributed by atoms with Gasteiger partial charge in [-0.05, 0) is 38.4 Å². The monoisotopic (exact) mass is 362 g/mol. The van der Waals surface area contributed by atoms with Crippen LogP contribution in [0.15, 0.2) is 17.1 Å². The molecule has 26 heavy (non-hydrogen) atoms. The lowest BCUT2D eigenvalue weighted by Crippen LogP contribution is -2.27. The molecule has 3 heterocycles. The highest BCUT2D eigenvalue weighted by atomic mass is 19.1. The van der Waals surface area contributed by atoms with Gasteiger partial charge in [-0.25, -0.2) is 14.2 Å². The molecule has 0 amide bonds. The number of hydrogen-bond donors (Lipinski definition) is 2. The van der Waals surface area contributed by atoms with Crippen LogP contribution in [-0.2, 0) is 6.54 Å². The molecule has 2 N–H and O–H groups in total. The topological polar surface area (TPSA) is 87.5 Å². The van der Waals surface area contributed by atoms with Crippen LogP contribution in [0.5, 0.6) is 0 Å². The van der Waals surface area contributed by atoms with Crippen molar-refractivity contribution < 1.29 is 14.3 Å². The molecule has 2 aromatic heterocycles. The molecule has 1 aliphatic heterocycles. The van der Waals surface area contributed by atoms with Gasteiger partial charge in [-0.2, -0.15) is 0 Å². The van der Waals surface area contributed by atoms with Crippen molar-refractivity contribution in [2.45, 2.75) is 26.8 Å². The average molecular weight is 362 g/mol. The molecule has 0 aromatic carbocycles. The molecule has 1 fully saturated rings. The van der Waals surface area contributed by atoms with Crippen LogP contribution in [0.25, 0.3) is 11.0 Å². The average Bonchev–Trinajstić information content (AvgIpc) is 3.08. The molecule has 2 aromatic rings. The molecule has 1 unspecified atom stereocenters. The summed E-state index contributed by atoms with van der Waals surface area (Å²) in [6.07, 6.45) is 2.23. The minimum atomic E-state index is -1.32. The maximum Gasteiger partial charge on any atom is 0.341 e. The number of aromatic carboxylic acids is 1. The molecule has 7 nitrogen and oxygen atoms in total. The number of rotatable bonds is 6. The van der Waals surface area contributed by atoms with Gasteiger partial charge < -0.3 is 19.9 Å². The Kier molecular flexibility index (Phi) is 5.22. The van der Waals surface area contributed by atoms with Gasteiger partial charge in [-0.3, -0.25) is 4.79 Å². The number of nitrogens with zero attached hydrogens (tertiary/aromatic N) is 3. The van der Waals surface area contributed by atoms with E-state index in [1.807, 2.05) is 18.7 Å². The van der Waals surface area contributed by atoms with E-state index in [0.29, 0.717) is 31.2 Å². The van der Waals surface area contributed by atoms with Crippen molar-refractivity contribution >= 4 is 22.8 Å². The lowest BCUT2D eigenvalue weighted by Gasteiger charge is -2.20. The first-order valence-electron chi connectivity index (χ1n) is 8.88. The van der Waals surface area contributed by atoms with Gasteiger partial charge in [0.15, 0.2) is 11.6 Å². The number of carboxylic acids is 1. The Balaban J connectivity index is 2.04. The largest absolute Gasteiger partial charge is 0.477 e. The molecule has 0 aliphatic carbocycles. The second kappa shape index (κ2) is 7.41. The minimum Gasteiger partial charge on any atom is -0.477 e. The Labute approximate surface area is 150 Å². The number of carbonyl (C=O) groups is 1. The van der Waals surface area contributed by atoms with Crippen molar-refractivity contribution in [2.75, 3.05) is 31.1 Å². The molecule has 0 spiro atoms. The summed E-state index contributed by atoms with van der Waals surface area (Å²) in [5.41, 5.74) is -0.768. The molecular weight excluding hydrogens is 339 g/mol. The summed E-state index contributed by atoms with van der Waals surface area (Å²) in [6, 6.07) is 1.12. The molecule has 1 aliphatic rings. The van der Waals surface area contributed by atoms with E-state index < -0.39 is 17.2 Å². The lowest BCUT2D eigenvalue weighted by atomic mass is 10.1. The zero-order valence-electron chi connectivity index (χ0n) is 15.0. The van der Waals surface area contributed by atoms with Crippen molar-refractivity contribution in [1.82, 2.24) is 14.9 Å². The quantitative estimate of drug-likeness (QED) is 0.813. The number of anilines is 1. The summed E-state index contributed by atoms with van der Waals surface area (Å²) < 4.78 is 16.3. The number of carboxylic acid groups (broad SMARTS) is 1. The van der Waals surface area contributed by atoms with Crippen molar-refractivity contribution in [1.29, 1.82) is 0 Å². The molecular formula is C18H23FN4O3. The number of fused-ring (bicyclic) bond motifs is 1. The number of aromatic nitrogens is 2. The van der Waals surface area contributed by atoms with Crippen LogP contribution in [0.2, 0.25) is 0 Å². The van der Waals surface area contributed by atoms with E-state index in [9.17, 15) is 19.1 Å². The predicted molar refractivity (Wildman–Crippen MR) is 97.5 cm³/mol. The Hall–Kier alpha value is -2.48. The van der Waals surface area contributed by atoms with Crippen LogP contribution in [0.4, 0.5) is 10.2 Å². The number of halogens is 1. The van der Waals surface area contributed by atoms with Crippen molar-refractivity contribution in [3.05, 3.63) is 33.9 Å². The number of pyridine rings is 2. The molecule has 0 radical (unpaired) electrons. The SMILES string of the molecule is CCNCC1CCN(c2nc3c(cc2F)c(=O)c(C(=O)O)cn3CC)C1. The molecule has 140 valence electrons. The summed E-state index contributed by atoms with van der Waals surface area (Å²) in [6.45, 7) is 7.48. The molecule has 1 saturated heterocycles. The molecule has 8 heteroatoms. The van der Waals surface area contributed by atoms with Crippen molar-refractivity contribution in [3.63, 3.8) is 0 Å². The molecule has 0 saturated carbocycles. The van der Waals surface area contributed by atoms with E-state index >= 15 is 0 Å². The first kappa shape index (κ1) is 18.3. The van der Waals surface area contributed by atoms with E-state index in [1.165, 1.54) is 6.20 Å². The summed E-state index contributed by atoms with van der Waals surface area (Å²) in [4.78, 5) is 29.9. The predicted octanol–water partition coefficient (Wildman–Crippen LogP) is 1.69. The number of aryl methyl sites for hydroxylation is 1. The summed E-state index contributed by atoms with van der Waals surface area (Å²) in [7, 11) is 0. The first-order chi connectivity index (χ1) is 12.5. The second-order valence-electron chi connectivity index (χ2n) is 6.54. The van der Waals surface area contributed by atoms with Crippen LogP contribution < -0.4 is 15.6 Å². The zero-order valence-corrected chi connectivity index (χ0v) is 15.0. The molecule has 3 rings (SSSR count). The normalized spacial score (nSPS) is 17.2. The van der Waals surface area contributed by atoms with Crippen molar-refractivity contribution in [3.8, 4) is 0 Å². The third kappa shape index (κ3) is 3.29. The standard InChI is InChI=1S/C18H23FN4O3/c1-3-20-8-11-5-6-23(9-11)17-14(19)7-12-15(24)13(18(25)26)10-22(4-2)16(12)21-17/h7,10-11,20H,3-6,8-9H2,1-2H3,(H,25,26). The highest BCUT2D eigenvalue weighted by Crippen LogP contribution is 2.26. The maximum atomic E-state index is 14.7. The Morgan fingerprint density at radius 2 is 2.23 bits per heavy atom. The lowest BCUT2D eigenvalue weighted by molar-refractivity contribution is 0.0695. The van der Waals surface area contributed by atoms with Gasteiger partial charge in [0, 0.05) is 25.8 Å². The summed E-state index contributed by atoms with van der Waals surface area (Å²) in [5.74, 6) is -1.27.